The van der Waals surface area contributed by atoms with Crippen molar-refractivity contribution in [1.29, 1.82) is 0 Å². The molecule has 3 aromatic rings. The number of ether oxygens (including phenoxy) is 3. The Morgan fingerprint density at radius 3 is 2.24 bits per heavy atom. The Morgan fingerprint density at radius 1 is 1.04 bits per heavy atom. The Morgan fingerprint density at radius 2 is 1.75 bits per heavy atom. The maximum absolute atomic E-state index is 13.1. The molecule has 3 heterocycles. The van der Waals surface area contributed by atoms with E-state index in [1.807, 2.05) is 13.0 Å². The van der Waals surface area contributed by atoms with Crippen molar-refractivity contribution in [2.75, 3.05) is 7.11 Å². The Balaban J connectivity index is 0.000000503. The quantitative estimate of drug-likeness (QED) is 0.0865. The summed E-state index contributed by atoms with van der Waals surface area (Å²) < 4.78 is 66.2. The third-order valence-corrected chi connectivity index (χ3v) is 8.68. The largest absolute Gasteiger partial charge is 0.490 e. The molecular formula is C38H54F4N5O3P. The Hall–Kier alpha value is -3.66. The number of nitrogens with zero attached hydrogens (tertiary/aromatic N) is 5. The van der Waals surface area contributed by atoms with Crippen molar-refractivity contribution in [2.45, 2.75) is 125 Å². The van der Waals surface area contributed by atoms with Gasteiger partial charge in [-0.1, -0.05) is 65.5 Å². The molecule has 4 rings (SSSR count). The van der Waals surface area contributed by atoms with Gasteiger partial charge in [0.1, 0.15) is 18.5 Å². The van der Waals surface area contributed by atoms with Gasteiger partial charge in [0, 0.05) is 24.6 Å². The van der Waals surface area contributed by atoms with Crippen LogP contribution in [0, 0.1) is 5.92 Å². The van der Waals surface area contributed by atoms with Gasteiger partial charge in [0.25, 0.3) is 11.8 Å². The SMILES string of the molecule is C/C=C(\C)C(C)(F)F.CCCC(C)CC.CCCC=C(C)c1ncc(COc2nc(-c3c(OC(F)F)ncnc3C3CC3)ncc2OC)cc1P. The summed E-state index contributed by atoms with van der Waals surface area (Å²) in [6, 6.07) is 1.98. The molecule has 0 saturated heterocycles. The Labute approximate surface area is 303 Å². The maximum Gasteiger partial charge on any atom is 0.388 e. The molecule has 51 heavy (non-hydrogen) atoms. The number of unbranched alkanes of at least 4 members (excludes halogenated alkanes) is 1. The summed E-state index contributed by atoms with van der Waals surface area (Å²) in [4.78, 5) is 21.6. The summed E-state index contributed by atoms with van der Waals surface area (Å²) in [7, 11) is 4.19. The van der Waals surface area contributed by atoms with Crippen molar-refractivity contribution in [2.24, 2.45) is 5.92 Å². The average Bonchev–Trinajstić information content (AvgIpc) is 3.95. The van der Waals surface area contributed by atoms with Crippen molar-refractivity contribution in [1.82, 2.24) is 24.9 Å². The lowest BCUT2D eigenvalue weighted by Gasteiger charge is -2.14. The normalized spacial score (nSPS) is 13.9. The highest BCUT2D eigenvalue weighted by Crippen LogP contribution is 2.45. The topological polar surface area (TPSA) is 92.1 Å². The highest BCUT2D eigenvalue weighted by atomic mass is 31.0. The van der Waals surface area contributed by atoms with Crippen LogP contribution < -0.4 is 19.5 Å². The number of halogens is 4. The molecule has 1 aliphatic carbocycles. The van der Waals surface area contributed by atoms with Crippen LogP contribution in [0.1, 0.15) is 123 Å². The number of pyridine rings is 1. The fraction of sp³-hybridized carbons (Fsp3) is 0.553. The summed E-state index contributed by atoms with van der Waals surface area (Å²) in [5, 5.41) is 0.959. The van der Waals surface area contributed by atoms with Crippen LogP contribution in [0.4, 0.5) is 17.6 Å². The summed E-state index contributed by atoms with van der Waals surface area (Å²) in [6.07, 6.45) is 15.9. The summed E-state index contributed by atoms with van der Waals surface area (Å²) in [5.41, 5.74) is 3.81. The van der Waals surface area contributed by atoms with Crippen LogP contribution in [0.15, 0.2) is 42.5 Å². The molecule has 13 heteroatoms. The van der Waals surface area contributed by atoms with Crippen molar-refractivity contribution in [3.05, 3.63) is 59.5 Å². The molecule has 282 valence electrons. The molecule has 0 amide bonds. The summed E-state index contributed by atoms with van der Waals surface area (Å²) in [6.45, 7) is 12.0. The zero-order chi connectivity index (χ0) is 38.1. The van der Waals surface area contributed by atoms with E-state index in [9.17, 15) is 17.6 Å². The van der Waals surface area contributed by atoms with Crippen LogP contribution in [-0.2, 0) is 6.61 Å². The maximum atomic E-state index is 13.1. The van der Waals surface area contributed by atoms with Crippen LogP contribution in [0.2, 0.25) is 0 Å². The molecule has 2 atom stereocenters. The fourth-order valence-corrected chi connectivity index (χ4v) is 5.16. The predicted molar refractivity (Wildman–Crippen MR) is 199 cm³/mol. The number of rotatable bonds is 15. The van der Waals surface area contributed by atoms with Gasteiger partial charge in [0.05, 0.1) is 24.7 Å². The molecule has 0 radical (unpaired) electrons. The molecule has 2 unspecified atom stereocenters. The third kappa shape index (κ3) is 14.5. The molecule has 1 fully saturated rings. The van der Waals surface area contributed by atoms with Crippen LogP contribution in [0.3, 0.4) is 0 Å². The molecule has 1 saturated carbocycles. The van der Waals surface area contributed by atoms with Gasteiger partial charge in [-0.05, 0) is 68.5 Å². The Kier molecular flexibility index (Phi) is 18.5. The third-order valence-electron chi connectivity index (χ3n) is 8.24. The van der Waals surface area contributed by atoms with Gasteiger partial charge in [0.15, 0.2) is 11.6 Å². The smallest absolute Gasteiger partial charge is 0.388 e. The van der Waals surface area contributed by atoms with Crippen molar-refractivity contribution < 1.29 is 31.8 Å². The van der Waals surface area contributed by atoms with E-state index in [2.05, 4.69) is 72.7 Å². The van der Waals surface area contributed by atoms with E-state index in [0.717, 1.165) is 60.7 Å². The van der Waals surface area contributed by atoms with E-state index in [1.165, 1.54) is 51.9 Å². The fourth-order valence-electron chi connectivity index (χ4n) is 4.65. The number of hydrogen-bond donors (Lipinski definition) is 0. The lowest BCUT2D eigenvalue weighted by Crippen LogP contribution is -2.10. The van der Waals surface area contributed by atoms with E-state index in [-0.39, 0.29) is 41.2 Å². The van der Waals surface area contributed by atoms with Gasteiger partial charge < -0.3 is 14.2 Å². The van der Waals surface area contributed by atoms with Crippen LogP contribution in [0.5, 0.6) is 17.5 Å². The van der Waals surface area contributed by atoms with E-state index in [1.54, 1.807) is 13.1 Å². The van der Waals surface area contributed by atoms with Crippen LogP contribution in [0.25, 0.3) is 17.0 Å². The highest BCUT2D eigenvalue weighted by Gasteiger charge is 2.32. The molecule has 3 aromatic heterocycles. The van der Waals surface area contributed by atoms with Gasteiger partial charge >= 0.3 is 6.61 Å². The number of methoxy groups -OCH3 is 1. The molecule has 1 aliphatic rings. The lowest BCUT2D eigenvalue weighted by atomic mass is 10.0. The first-order valence-electron chi connectivity index (χ1n) is 17.5. The van der Waals surface area contributed by atoms with E-state index < -0.39 is 12.5 Å². The molecule has 0 aliphatic heterocycles. The molecule has 0 bridgehead atoms. The zero-order valence-corrected chi connectivity index (χ0v) is 32.6. The number of alkyl halides is 4. The van der Waals surface area contributed by atoms with E-state index >= 15 is 0 Å². The molecule has 0 N–H and O–H groups in total. The van der Waals surface area contributed by atoms with Gasteiger partial charge in [-0.25, -0.2) is 23.7 Å². The molecule has 8 nitrogen and oxygen atoms in total. The number of allylic oxidation sites excluding steroid dienone is 4. The minimum atomic E-state index is -3.04. The summed E-state index contributed by atoms with van der Waals surface area (Å²) in [5.74, 6) is -1.24. The van der Waals surface area contributed by atoms with Crippen molar-refractivity contribution in [3.63, 3.8) is 0 Å². The standard InChI is InChI=1S/C25H28F2N5O3P.C7H16.C6H10F2/c1-4-5-6-14(2)20-18(36)9-15(10-28-20)12-34-23-17(33-3)11-29-22(32-23)19-21(16-7-8-16)30-13-31-24(19)35-25(26)27;1-4-6-7(3)5-2;1-4-5(2)6(3,7)8/h6,9-11,13,16,25H,4-5,7-8,12,36H2,1-3H3;7H,4-6H2,1-3H3;4H,1-3H3/b;;5-4+. The predicted octanol–water partition coefficient (Wildman–Crippen LogP) is 10.5. The molecule has 0 spiro atoms. The second-order valence-corrected chi connectivity index (χ2v) is 13.2. The monoisotopic (exact) mass is 735 g/mol. The first-order chi connectivity index (χ1) is 24.2. The second-order valence-electron chi connectivity index (χ2n) is 12.6. The second kappa shape index (κ2) is 21.6. The van der Waals surface area contributed by atoms with Crippen LogP contribution in [-0.4, -0.2) is 44.6 Å². The average molecular weight is 736 g/mol. The van der Waals surface area contributed by atoms with Gasteiger partial charge in [-0.2, -0.15) is 13.8 Å². The van der Waals surface area contributed by atoms with Crippen molar-refractivity contribution >= 4 is 20.1 Å². The minimum absolute atomic E-state index is 0.123. The Bertz CT molecular complexity index is 1580. The molecular weight excluding hydrogens is 681 g/mol. The zero-order valence-electron chi connectivity index (χ0n) is 31.4. The van der Waals surface area contributed by atoms with Gasteiger partial charge in [-0.15, -0.1) is 9.24 Å². The van der Waals surface area contributed by atoms with E-state index in [4.69, 9.17) is 9.47 Å². The van der Waals surface area contributed by atoms with E-state index in [0.29, 0.717) is 11.4 Å². The molecule has 0 aromatic carbocycles. The van der Waals surface area contributed by atoms with Crippen molar-refractivity contribution in [3.8, 4) is 28.9 Å². The lowest BCUT2D eigenvalue weighted by molar-refractivity contribution is -0.0525. The first kappa shape index (κ1) is 43.5. The van der Waals surface area contributed by atoms with Crippen LogP contribution >= 0.6 is 9.24 Å². The first-order valence-corrected chi connectivity index (χ1v) is 18.0. The van der Waals surface area contributed by atoms with Gasteiger partial charge in [0.2, 0.25) is 5.88 Å². The number of hydrogen-bond acceptors (Lipinski definition) is 8. The number of aromatic nitrogens is 5. The summed E-state index contributed by atoms with van der Waals surface area (Å²) >= 11 is 0. The highest BCUT2D eigenvalue weighted by molar-refractivity contribution is 7.27. The van der Waals surface area contributed by atoms with Gasteiger partial charge in [-0.3, -0.25) is 4.98 Å². The minimum Gasteiger partial charge on any atom is -0.490 e.